The van der Waals surface area contributed by atoms with E-state index in [4.69, 9.17) is 0 Å². The Hall–Kier alpha value is -1.12. The van der Waals surface area contributed by atoms with Crippen LogP contribution in [0.4, 0.5) is 0 Å². The molecule has 0 saturated carbocycles. The van der Waals surface area contributed by atoms with Crippen LogP contribution in [0.2, 0.25) is 0 Å². The third kappa shape index (κ3) is 3.80. The maximum absolute atomic E-state index is 11.5. The van der Waals surface area contributed by atoms with Gasteiger partial charge < -0.3 is 4.98 Å². The van der Waals surface area contributed by atoms with Crippen LogP contribution in [-0.4, -0.2) is 9.97 Å². The number of hydrogen-bond acceptors (Lipinski definition) is 2. The van der Waals surface area contributed by atoms with Gasteiger partial charge in [0.05, 0.1) is 5.69 Å². The highest BCUT2D eigenvalue weighted by Crippen LogP contribution is 2.21. The standard InChI is InChI=1S/C13H22N2O/c1-12(2,3)8-10-14-9(13(4,5)6)7-11(16)15-10/h7H,8H2,1-6H3,(H,14,15,16). The van der Waals surface area contributed by atoms with Crippen molar-refractivity contribution in [1.82, 2.24) is 9.97 Å². The molecule has 0 amide bonds. The average Bonchev–Trinajstić information content (AvgIpc) is 1.97. The molecule has 1 heterocycles. The Morgan fingerprint density at radius 3 is 2.19 bits per heavy atom. The maximum atomic E-state index is 11.5. The largest absolute Gasteiger partial charge is 0.311 e. The molecule has 90 valence electrons. The summed E-state index contributed by atoms with van der Waals surface area (Å²) in [6.07, 6.45) is 0.784. The molecule has 1 aromatic rings. The summed E-state index contributed by atoms with van der Waals surface area (Å²) in [5.41, 5.74) is 0.850. The highest BCUT2D eigenvalue weighted by Gasteiger charge is 2.19. The van der Waals surface area contributed by atoms with Crippen molar-refractivity contribution in [2.24, 2.45) is 5.41 Å². The molecule has 16 heavy (non-hydrogen) atoms. The van der Waals surface area contributed by atoms with Crippen LogP contribution in [-0.2, 0) is 11.8 Å². The molecule has 0 bridgehead atoms. The normalized spacial score (nSPS) is 12.9. The van der Waals surface area contributed by atoms with Crippen molar-refractivity contribution < 1.29 is 0 Å². The fourth-order valence-electron chi connectivity index (χ4n) is 1.48. The van der Waals surface area contributed by atoms with Crippen molar-refractivity contribution in [3.05, 3.63) is 27.9 Å². The topological polar surface area (TPSA) is 45.8 Å². The molecule has 0 radical (unpaired) electrons. The van der Waals surface area contributed by atoms with Crippen LogP contribution in [0.1, 0.15) is 53.1 Å². The molecule has 0 spiro atoms. The summed E-state index contributed by atoms with van der Waals surface area (Å²) in [6, 6.07) is 1.59. The molecule has 3 nitrogen and oxygen atoms in total. The van der Waals surface area contributed by atoms with Crippen LogP contribution >= 0.6 is 0 Å². The van der Waals surface area contributed by atoms with Crippen molar-refractivity contribution in [3.8, 4) is 0 Å². The summed E-state index contributed by atoms with van der Waals surface area (Å²) < 4.78 is 0. The molecule has 1 rings (SSSR count). The number of H-pyrrole nitrogens is 1. The van der Waals surface area contributed by atoms with Crippen LogP contribution in [0.3, 0.4) is 0 Å². The van der Waals surface area contributed by atoms with Crippen molar-refractivity contribution >= 4 is 0 Å². The molecule has 0 fully saturated rings. The fourth-order valence-corrected chi connectivity index (χ4v) is 1.48. The molecule has 1 aromatic heterocycles. The van der Waals surface area contributed by atoms with E-state index in [-0.39, 0.29) is 16.4 Å². The van der Waals surface area contributed by atoms with Gasteiger partial charge in [0.1, 0.15) is 5.82 Å². The molecular formula is C13H22N2O. The number of nitrogens with one attached hydrogen (secondary N) is 1. The van der Waals surface area contributed by atoms with E-state index >= 15 is 0 Å². The lowest BCUT2D eigenvalue weighted by atomic mass is 9.90. The first kappa shape index (κ1) is 12.9. The van der Waals surface area contributed by atoms with Crippen molar-refractivity contribution in [1.29, 1.82) is 0 Å². The molecule has 0 saturated heterocycles. The molecule has 0 atom stereocenters. The van der Waals surface area contributed by atoms with E-state index in [1.165, 1.54) is 0 Å². The monoisotopic (exact) mass is 222 g/mol. The minimum absolute atomic E-state index is 0.0563. The summed E-state index contributed by atoms with van der Waals surface area (Å²) in [5, 5.41) is 0. The van der Waals surface area contributed by atoms with Gasteiger partial charge in [0.25, 0.3) is 5.56 Å². The Labute approximate surface area is 97.3 Å². The SMILES string of the molecule is CC(C)(C)Cc1nc(C(C)(C)C)cc(=O)[nH]1. The Kier molecular flexibility index (Phi) is 3.27. The lowest BCUT2D eigenvalue weighted by Crippen LogP contribution is -2.23. The molecular weight excluding hydrogens is 200 g/mol. The molecule has 0 aliphatic heterocycles. The molecule has 0 unspecified atom stereocenters. The molecule has 1 N–H and O–H groups in total. The van der Waals surface area contributed by atoms with Crippen molar-refractivity contribution in [3.63, 3.8) is 0 Å². The van der Waals surface area contributed by atoms with E-state index in [0.29, 0.717) is 0 Å². The lowest BCUT2D eigenvalue weighted by molar-refractivity contribution is 0.397. The Balaban J connectivity index is 3.14. The smallest absolute Gasteiger partial charge is 0.251 e. The summed E-state index contributed by atoms with van der Waals surface area (Å²) in [6.45, 7) is 12.6. The van der Waals surface area contributed by atoms with Gasteiger partial charge in [0.15, 0.2) is 0 Å². The van der Waals surface area contributed by atoms with Gasteiger partial charge in [0, 0.05) is 17.9 Å². The molecule has 0 aliphatic carbocycles. The first-order chi connectivity index (χ1) is 7.08. The zero-order valence-electron chi connectivity index (χ0n) is 11.1. The number of hydrogen-bond donors (Lipinski definition) is 1. The second-order valence-corrected chi connectivity index (χ2v) is 6.56. The predicted molar refractivity (Wildman–Crippen MR) is 66.7 cm³/mol. The number of aromatic nitrogens is 2. The van der Waals surface area contributed by atoms with Gasteiger partial charge in [-0.15, -0.1) is 0 Å². The Bertz CT molecular complexity index is 419. The van der Waals surface area contributed by atoms with Crippen molar-refractivity contribution in [2.45, 2.75) is 53.4 Å². The molecule has 0 aliphatic rings. The average molecular weight is 222 g/mol. The summed E-state index contributed by atoms with van der Waals surface area (Å²) in [4.78, 5) is 18.9. The highest BCUT2D eigenvalue weighted by atomic mass is 16.1. The first-order valence-electron chi connectivity index (χ1n) is 5.69. The Morgan fingerprint density at radius 2 is 1.75 bits per heavy atom. The predicted octanol–water partition coefficient (Wildman–Crippen LogP) is 2.66. The minimum Gasteiger partial charge on any atom is -0.311 e. The van der Waals surface area contributed by atoms with E-state index < -0.39 is 0 Å². The van der Waals surface area contributed by atoms with Crippen LogP contribution in [0, 0.1) is 5.41 Å². The van der Waals surface area contributed by atoms with Crippen LogP contribution in [0.15, 0.2) is 10.9 Å². The van der Waals surface area contributed by atoms with E-state index in [2.05, 4.69) is 51.5 Å². The fraction of sp³-hybridized carbons (Fsp3) is 0.692. The zero-order chi connectivity index (χ0) is 12.6. The van der Waals surface area contributed by atoms with E-state index in [1.54, 1.807) is 6.07 Å². The minimum atomic E-state index is -0.0824. The maximum Gasteiger partial charge on any atom is 0.251 e. The molecule has 3 heteroatoms. The Morgan fingerprint density at radius 1 is 1.19 bits per heavy atom. The summed E-state index contributed by atoms with van der Waals surface area (Å²) in [7, 11) is 0. The van der Waals surface area contributed by atoms with E-state index in [0.717, 1.165) is 17.9 Å². The zero-order valence-corrected chi connectivity index (χ0v) is 11.1. The third-order valence-corrected chi connectivity index (χ3v) is 2.26. The van der Waals surface area contributed by atoms with Gasteiger partial charge in [-0.3, -0.25) is 4.79 Å². The second kappa shape index (κ2) is 4.04. The van der Waals surface area contributed by atoms with E-state index in [1.807, 2.05) is 0 Å². The van der Waals surface area contributed by atoms with Crippen LogP contribution in [0.5, 0.6) is 0 Å². The van der Waals surface area contributed by atoms with Gasteiger partial charge in [-0.1, -0.05) is 41.5 Å². The number of aromatic amines is 1. The lowest BCUT2D eigenvalue weighted by Gasteiger charge is -2.21. The highest BCUT2D eigenvalue weighted by molar-refractivity contribution is 5.12. The van der Waals surface area contributed by atoms with E-state index in [9.17, 15) is 4.79 Å². The van der Waals surface area contributed by atoms with Gasteiger partial charge in [-0.05, 0) is 5.41 Å². The van der Waals surface area contributed by atoms with Crippen LogP contribution < -0.4 is 5.56 Å². The first-order valence-corrected chi connectivity index (χ1v) is 5.69. The van der Waals surface area contributed by atoms with Crippen molar-refractivity contribution in [2.75, 3.05) is 0 Å². The quantitative estimate of drug-likeness (QED) is 0.794. The van der Waals surface area contributed by atoms with Gasteiger partial charge in [-0.25, -0.2) is 4.98 Å². The van der Waals surface area contributed by atoms with Gasteiger partial charge >= 0.3 is 0 Å². The summed E-state index contributed by atoms with van der Waals surface area (Å²) in [5.74, 6) is 0.782. The van der Waals surface area contributed by atoms with Gasteiger partial charge in [-0.2, -0.15) is 0 Å². The molecule has 0 aromatic carbocycles. The third-order valence-electron chi connectivity index (χ3n) is 2.26. The summed E-state index contributed by atoms with van der Waals surface area (Å²) >= 11 is 0. The number of nitrogens with zero attached hydrogens (tertiary/aromatic N) is 1. The second-order valence-electron chi connectivity index (χ2n) is 6.56. The van der Waals surface area contributed by atoms with Gasteiger partial charge in [0.2, 0.25) is 0 Å². The number of rotatable bonds is 1. The van der Waals surface area contributed by atoms with Crippen LogP contribution in [0.25, 0.3) is 0 Å².